The average Bonchev–Trinajstić information content (AvgIpc) is 2.94. The Morgan fingerprint density at radius 1 is 0.667 bits per heavy atom. The Kier molecular flexibility index (Phi) is 6.22. The second-order valence-corrected chi connectivity index (χ2v) is 11.6. The van der Waals surface area contributed by atoms with Gasteiger partial charge in [-0.15, -0.1) is 0 Å². The van der Waals surface area contributed by atoms with Gasteiger partial charge >= 0.3 is 0 Å². The lowest BCUT2D eigenvalue weighted by Crippen LogP contribution is -2.54. The summed E-state index contributed by atoms with van der Waals surface area (Å²) < 4.78 is 0. The van der Waals surface area contributed by atoms with Crippen molar-refractivity contribution < 1.29 is 0 Å². The lowest BCUT2D eigenvalue weighted by atomic mass is 9.34. The number of hydrogen-bond donors (Lipinski definition) is 0. The van der Waals surface area contributed by atoms with Crippen molar-refractivity contribution >= 4 is 57.9 Å². The zero-order valence-electron chi connectivity index (χ0n) is 20.8. The van der Waals surface area contributed by atoms with Crippen molar-refractivity contribution in [3.63, 3.8) is 0 Å². The summed E-state index contributed by atoms with van der Waals surface area (Å²) >= 11 is 0. The molecule has 1 aliphatic rings. The highest BCUT2D eigenvalue weighted by molar-refractivity contribution is 7.80. The van der Waals surface area contributed by atoms with Crippen molar-refractivity contribution in [2.75, 3.05) is 11.9 Å². The van der Waals surface area contributed by atoms with Crippen molar-refractivity contribution in [3.8, 4) is 0 Å². The highest BCUT2D eigenvalue weighted by Crippen LogP contribution is 2.34. The molecule has 0 aromatic heterocycles. The molecule has 5 aromatic carbocycles. The molecule has 0 saturated heterocycles. The Hall–Kier alpha value is -3.61. The third kappa shape index (κ3) is 3.96. The molecule has 0 spiro atoms. The van der Waals surface area contributed by atoms with E-state index in [-0.39, 0.29) is 6.71 Å². The standard InChI is InChI=1S/C33H29BNP/c1-3-26-24-35(2)31-21-13-12-20-30(31)34(26)33-29-19-11-10-14-25(29)22-23-32(33)36(27-15-6-4-7-16-27)28-17-8-5-9-18-28/h4-24H,3H2,1-2H3. The first kappa shape index (κ1) is 22.8. The van der Waals surface area contributed by atoms with E-state index in [4.69, 9.17) is 0 Å². The Morgan fingerprint density at radius 2 is 1.28 bits per heavy atom. The molecule has 0 aliphatic carbocycles. The van der Waals surface area contributed by atoms with Gasteiger partial charge in [0.25, 0.3) is 0 Å². The molecule has 0 unspecified atom stereocenters. The molecule has 6 rings (SSSR count). The minimum Gasteiger partial charge on any atom is -0.352 e. The minimum atomic E-state index is -0.730. The summed E-state index contributed by atoms with van der Waals surface area (Å²) in [6.07, 6.45) is 3.38. The molecule has 0 fully saturated rings. The van der Waals surface area contributed by atoms with Gasteiger partial charge in [-0.3, -0.25) is 0 Å². The Morgan fingerprint density at radius 3 is 1.97 bits per heavy atom. The number of benzene rings is 5. The maximum atomic E-state index is 2.41. The van der Waals surface area contributed by atoms with Gasteiger partial charge in [-0.25, -0.2) is 0 Å². The van der Waals surface area contributed by atoms with Crippen molar-refractivity contribution in [3.05, 3.63) is 133 Å². The molecule has 3 heteroatoms. The molecule has 0 radical (unpaired) electrons. The fourth-order valence-electron chi connectivity index (χ4n) is 5.65. The van der Waals surface area contributed by atoms with Gasteiger partial charge in [0.15, 0.2) is 0 Å². The van der Waals surface area contributed by atoms with Gasteiger partial charge in [-0.2, -0.15) is 0 Å². The predicted molar refractivity (Wildman–Crippen MR) is 161 cm³/mol. The van der Waals surface area contributed by atoms with E-state index in [0.29, 0.717) is 0 Å². The van der Waals surface area contributed by atoms with Crippen LogP contribution < -0.4 is 31.7 Å². The van der Waals surface area contributed by atoms with E-state index < -0.39 is 7.92 Å². The first-order valence-electron chi connectivity index (χ1n) is 12.7. The number of hydrogen-bond acceptors (Lipinski definition) is 1. The van der Waals surface area contributed by atoms with Crippen molar-refractivity contribution in [1.82, 2.24) is 0 Å². The quantitative estimate of drug-likeness (QED) is 0.237. The smallest absolute Gasteiger partial charge is 0.242 e. The largest absolute Gasteiger partial charge is 0.352 e. The number of allylic oxidation sites excluding steroid dienone is 1. The Bertz CT molecular complexity index is 1510. The maximum Gasteiger partial charge on any atom is 0.242 e. The second kappa shape index (κ2) is 9.80. The summed E-state index contributed by atoms with van der Waals surface area (Å²) in [5.74, 6) is 0. The molecule has 36 heavy (non-hydrogen) atoms. The average molecular weight is 481 g/mol. The number of rotatable bonds is 5. The SMILES string of the molecule is CCC1=CN(C)c2ccccc2B1c1c(P(c2ccccc2)c2ccccc2)ccc2ccccc12. The molecular formula is C33H29BNP. The van der Waals surface area contributed by atoms with Crippen LogP contribution in [0.25, 0.3) is 10.8 Å². The van der Waals surface area contributed by atoms with E-state index in [2.05, 4.69) is 146 Å². The molecule has 1 nitrogen and oxygen atoms in total. The van der Waals surface area contributed by atoms with Gasteiger partial charge in [0, 0.05) is 12.7 Å². The van der Waals surface area contributed by atoms with Gasteiger partial charge in [0.05, 0.1) is 0 Å². The Labute approximate surface area is 215 Å². The molecule has 5 aromatic rings. The van der Waals surface area contributed by atoms with E-state index in [1.165, 1.54) is 48.8 Å². The molecule has 0 amide bonds. The molecule has 0 atom stereocenters. The zero-order valence-corrected chi connectivity index (χ0v) is 21.7. The predicted octanol–water partition coefficient (Wildman–Crippen LogP) is 5.49. The fourth-order valence-corrected chi connectivity index (χ4v) is 8.15. The molecule has 0 N–H and O–H groups in total. The zero-order chi connectivity index (χ0) is 24.5. The van der Waals surface area contributed by atoms with E-state index in [1.807, 2.05) is 0 Å². The summed E-state index contributed by atoms with van der Waals surface area (Å²) in [5, 5.41) is 6.89. The third-order valence-electron chi connectivity index (χ3n) is 7.27. The first-order valence-corrected chi connectivity index (χ1v) is 14.0. The molecule has 174 valence electrons. The van der Waals surface area contributed by atoms with Crippen LogP contribution in [0.2, 0.25) is 0 Å². The lowest BCUT2D eigenvalue weighted by Gasteiger charge is -2.34. The van der Waals surface area contributed by atoms with E-state index >= 15 is 0 Å². The summed E-state index contributed by atoms with van der Waals surface area (Å²) in [4.78, 5) is 2.30. The maximum absolute atomic E-state index is 2.41. The van der Waals surface area contributed by atoms with Gasteiger partial charge in [0.2, 0.25) is 6.71 Å². The van der Waals surface area contributed by atoms with E-state index in [1.54, 1.807) is 0 Å². The number of fused-ring (bicyclic) bond motifs is 2. The van der Waals surface area contributed by atoms with Crippen LogP contribution in [0.15, 0.2) is 133 Å². The summed E-state index contributed by atoms with van der Waals surface area (Å²) in [6, 6.07) is 44.8. The van der Waals surface area contributed by atoms with E-state index in [0.717, 1.165) is 6.42 Å². The Balaban J connectivity index is 1.70. The summed E-state index contributed by atoms with van der Waals surface area (Å²) in [5.41, 5.74) is 5.61. The van der Waals surface area contributed by atoms with Gasteiger partial charge in [0.1, 0.15) is 0 Å². The van der Waals surface area contributed by atoms with Gasteiger partial charge in [-0.1, -0.05) is 133 Å². The molecule has 1 heterocycles. The number of nitrogens with zero attached hydrogens (tertiary/aromatic N) is 1. The van der Waals surface area contributed by atoms with Crippen LogP contribution in [0.1, 0.15) is 13.3 Å². The minimum absolute atomic E-state index is 0.223. The van der Waals surface area contributed by atoms with Crippen LogP contribution in [-0.2, 0) is 0 Å². The highest BCUT2D eigenvalue weighted by atomic mass is 31.1. The van der Waals surface area contributed by atoms with E-state index in [9.17, 15) is 0 Å². The van der Waals surface area contributed by atoms with Crippen LogP contribution in [0, 0.1) is 0 Å². The fraction of sp³-hybridized carbons (Fsp3) is 0.0909. The van der Waals surface area contributed by atoms with Crippen molar-refractivity contribution in [1.29, 1.82) is 0 Å². The molecule has 0 saturated carbocycles. The molecular weight excluding hydrogens is 452 g/mol. The first-order chi connectivity index (χ1) is 17.8. The van der Waals surface area contributed by atoms with Crippen LogP contribution in [-0.4, -0.2) is 13.8 Å². The summed E-state index contributed by atoms with van der Waals surface area (Å²) in [7, 11) is 1.45. The molecule has 0 bridgehead atoms. The number of para-hydroxylation sites is 1. The highest BCUT2D eigenvalue weighted by Gasteiger charge is 2.35. The summed E-state index contributed by atoms with van der Waals surface area (Å²) in [6.45, 7) is 2.52. The normalized spacial score (nSPS) is 13.1. The van der Waals surface area contributed by atoms with Crippen LogP contribution in [0.3, 0.4) is 0 Å². The monoisotopic (exact) mass is 481 g/mol. The lowest BCUT2D eigenvalue weighted by molar-refractivity contribution is 1.11. The van der Waals surface area contributed by atoms with Crippen LogP contribution >= 0.6 is 7.92 Å². The topological polar surface area (TPSA) is 3.24 Å². The van der Waals surface area contributed by atoms with Crippen LogP contribution in [0.5, 0.6) is 0 Å². The van der Waals surface area contributed by atoms with Crippen molar-refractivity contribution in [2.45, 2.75) is 13.3 Å². The van der Waals surface area contributed by atoms with Crippen LogP contribution in [0.4, 0.5) is 5.69 Å². The van der Waals surface area contributed by atoms with Gasteiger partial charge in [-0.05, 0) is 58.8 Å². The van der Waals surface area contributed by atoms with Gasteiger partial charge < -0.3 is 4.90 Å². The second-order valence-electron chi connectivity index (χ2n) is 9.39. The number of anilines is 1. The third-order valence-corrected chi connectivity index (χ3v) is 9.77. The van der Waals surface area contributed by atoms with Crippen molar-refractivity contribution in [2.24, 2.45) is 0 Å². The molecule has 1 aliphatic heterocycles.